The molecule has 0 bridgehead atoms. The van der Waals surface area contributed by atoms with E-state index < -0.39 is 0 Å². The molecule has 0 radical (unpaired) electrons. The van der Waals surface area contributed by atoms with Crippen molar-refractivity contribution in [2.75, 3.05) is 52.7 Å². The summed E-state index contributed by atoms with van der Waals surface area (Å²) in [5, 5.41) is 0. The number of para-hydroxylation sites is 1. The van der Waals surface area contributed by atoms with Crippen molar-refractivity contribution in [2.24, 2.45) is 0 Å². The monoisotopic (exact) mass is 307 g/mol. The first-order chi connectivity index (χ1) is 10.8. The van der Waals surface area contributed by atoms with E-state index >= 15 is 0 Å². The zero-order valence-electron chi connectivity index (χ0n) is 13.9. The molecule has 22 heavy (non-hydrogen) atoms. The standard InChI is InChI=1S/C18H29NO3/c1-3-16(2)17-6-4-5-7-18(17)22-15-14-21-13-10-19-8-11-20-12-9-19/h4-7,16H,3,8-15H2,1-2H3/t16-/m1/s1. The van der Waals surface area contributed by atoms with Gasteiger partial charge >= 0.3 is 0 Å². The number of nitrogens with zero attached hydrogens (tertiary/aromatic N) is 1. The normalized spacial score (nSPS) is 17.4. The first-order valence-corrected chi connectivity index (χ1v) is 8.40. The molecule has 1 saturated heterocycles. The number of morpholine rings is 1. The summed E-state index contributed by atoms with van der Waals surface area (Å²) < 4.78 is 16.9. The van der Waals surface area contributed by atoms with Gasteiger partial charge in [-0.3, -0.25) is 4.90 Å². The fraction of sp³-hybridized carbons (Fsp3) is 0.667. The summed E-state index contributed by atoms with van der Waals surface area (Å²) in [7, 11) is 0. The van der Waals surface area contributed by atoms with E-state index in [4.69, 9.17) is 14.2 Å². The average Bonchev–Trinajstić information content (AvgIpc) is 2.58. The SMILES string of the molecule is CC[C@@H](C)c1ccccc1OCCOCCN1CCOCC1. The van der Waals surface area contributed by atoms with Crippen molar-refractivity contribution in [1.82, 2.24) is 4.90 Å². The van der Waals surface area contributed by atoms with Gasteiger partial charge in [-0.2, -0.15) is 0 Å². The van der Waals surface area contributed by atoms with Crippen LogP contribution in [0.2, 0.25) is 0 Å². The van der Waals surface area contributed by atoms with Gasteiger partial charge in [0.25, 0.3) is 0 Å². The lowest BCUT2D eigenvalue weighted by molar-refractivity contribution is 0.0170. The van der Waals surface area contributed by atoms with Gasteiger partial charge in [-0.1, -0.05) is 32.0 Å². The van der Waals surface area contributed by atoms with Crippen LogP contribution in [0, 0.1) is 0 Å². The molecule has 4 heteroatoms. The van der Waals surface area contributed by atoms with E-state index in [0.29, 0.717) is 19.1 Å². The average molecular weight is 307 g/mol. The summed E-state index contributed by atoms with van der Waals surface area (Å²) in [6.07, 6.45) is 1.12. The maximum atomic E-state index is 5.89. The molecule has 4 nitrogen and oxygen atoms in total. The topological polar surface area (TPSA) is 30.9 Å². The van der Waals surface area contributed by atoms with Crippen LogP contribution in [0.15, 0.2) is 24.3 Å². The highest BCUT2D eigenvalue weighted by atomic mass is 16.5. The van der Waals surface area contributed by atoms with Gasteiger partial charge in [0.1, 0.15) is 12.4 Å². The van der Waals surface area contributed by atoms with Gasteiger partial charge in [0.2, 0.25) is 0 Å². The Bertz CT molecular complexity index is 419. The molecule has 0 amide bonds. The molecule has 1 aromatic carbocycles. The molecule has 1 aliphatic heterocycles. The smallest absolute Gasteiger partial charge is 0.122 e. The maximum Gasteiger partial charge on any atom is 0.122 e. The summed E-state index contributed by atoms with van der Waals surface area (Å²) in [5.74, 6) is 1.52. The zero-order valence-corrected chi connectivity index (χ0v) is 13.9. The molecule has 1 atom stereocenters. The Hall–Kier alpha value is -1.10. The predicted molar refractivity (Wildman–Crippen MR) is 88.7 cm³/mol. The Morgan fingerprint density at radius 1 is 1.14 bits per heavy atom. The highest BCUT2D eigenvalue weighted by Gasteiger charge is 2.10. The minimum absolute atomic E-state index is 0.526. The number of benzene rings is 1. The van der Waals surface area contributed by atoms with Crippen LogP contribution in [-0.2, 0) is 9.47 Å². The third kappa shape index (κ3) is 5.59. The van der Waals surface area contributed by atoms with E-state index in [1.54, 1.807) is 0 Å². The molecule has 1 heterocycles. The van der Waals surface area contributed by atoms with Crippen LogP contribution >= 0.6 is 0 Å². The number of rotatable bonds is 9. The van der Waals surface area contributed by atoms with E-state index in [1.807, 2.05) is 6.07 Å². The van der Waals surface area contributed by atoms with Crippen molar-refractivity contribution in [1.29, 1.82) is 0 Å². The van der Waals surface area contributed by atoms with Crippen molar-refractivity contribution in [3.8, 4) is 5.75 Å². The van der Waals surface area contributed by atoms with E-state index in [2.05, 4.69) is 36.9 Å². The van der Waals surface area contributed by atoms with Gasteiger partial charge in [-0.05, 0) is 24.0 Å². The summed E-state index contributed by atoms with van der Waals surface area (Å²) >= 11 is 0. The molecule has 0 saturated carbocycles. The van der Waals surface area contributed by atoms with Crippen LogP contribution in [-0.4, -0.2) is 57.6 Å². The second kappa shape index (κ2) is 9.82. The third-order valence-electron chi connectivity index (χ3n) is 4.20. The van der Waals surface area contributed by atoms with Crippen LogP contribution < -0.4 is 4.74 Å². The lowest BCUT2D eigenvalue weighted by atomic mass is 9.98. The van der Waals surface area contributed by atoms with Crippen molar-refractivity contribution in [3.05, 3.63) is 29.8 Å². The zero-order chi connectivity index (χ0) is 15.6. The minimum atomic E-state index is 0.526. The molecule has 0 N–H and O–H groups in total. The molecule has 0 spiro atoms. The number of ether oxygens (including phenoxy) is 3. The summed E-state index contributed by atoms with van der Waals surface area (Å²) in [4.78, 5) is 2.38. The van der Waals surface area contributed by atoms with E-state index in [9.17, 15) is 0 Å². The summed E-state index contributed by atoms with van der Waals surface area (Å²) in [5.41, 5.74) is 1.29. The molecule has 2 rings (SSSR count). The third-order valence-corrected chi connectivity index (χ3v) is 4.20. The van der Waals surface area contributed by atoms with Crippen LogP contribution in [0.1, 0.15) is 31.7 Å². The molecule has 124 valence electrons. The minimum Gasteiger partial charge on any atom is -0.491 e. The molecule has 1 aromatic rings. The summed E-state index contributed by atoms with van der Waals surface area (Å²) in [6, 6.07) is 8.31. The van der Waals surface area contributed by atoms with Crippen molar-refractivity contribution in [3.63, 3.8) is 0 Å². The largest absolute Gasteiger partial charge is 0.491 e. The highest BCUT2D eigenvalue weighted by molar-refractivity contribution is 5.35. The van der Waals surface area contributed by atoms with E-state index in [1.165, 1.54) is 5.56 Å². The lowest BCUT2D eigenvalue weighted by Gasteiger charge is -2.26. The Kier molecular flexibility index (Phi) is 7.71. The van der Waals surface area contributed by atoms with Crippen LogP contribution in [0.25, 0.3) is 0 Å². The van der Waals surface area contributed by atoms with Gasteiger partial charge in [0.05, 0.1) is 26.4 Å². The van der Waals surface area contributed by atoms with E-state index in [-0.39, 0.29) is 0 Å². The predicted octanol–water partition coefficient (Wildman–Crippen LogP) is 2.93. The van der Waals surface area contributed by atoms with Crippen LogP contribution in [0.5, 0.6) is 5.75 Å². The first-order valence-electron chi connectivity index (χ1n) is 8.40. The van der Waals surface area contributed by atoms with Crippen LogP contribution in [0.4, 0.5) is 0 Å². The Balaban J connectivity index is 1.62. The van der Waals surface area contributed by atoms with Gasteiger partial charge < -0.3 is 14.2 Å². The highest BCUT2D eigenvalue weighted by Crippen LogP contribution is 2.28. The molecule has 0 aromatic heterocycles. The number of hydrogen-bond donors (Lipinski definition) is 0. The second-order valence-corrected chi connectivity index (χ2v) is 5.76. The van der Waals surface area contributed by atoms with E-state index in [0.717, 1.165) is 51.6 Å². The van der Waals surface area contributed by atoms with Crippen molar-refractivity contribution in [2.45, 2.75) is 26.2 Å². The summed E-state index contributed by atoms with van der Waals surface area (Å²) in [6.45, 7) is 11.1. The van der Waals surface area contributed by atoms with Gasteiger partial charge in [0.15, 0.2) is 0 Å². The Morgan fingerprint density at radius 2 is 1.91 bits per heavy atom. The lowest BCUT2D eigenvalue weighted by Crippen LogP contribution is -2.38. The fourth-order valence-electron chi connectivity index (χ4n) is 2.57. The molecule has 0 unspecified atom stereocenters. The van der Waals surface area contributed by atoms with Crippen molar-refractivity contribution < 1.29 is 14.2 Å². The van der Waals surface area contributed by atoms with Crippen LogP contribution in [0.3, 0.4) is 0 Å². The molecular formula is C18H29NO3. The quantitative estimate of drug-likeness (QED) is 0.656. The second-order valence-electron chi connectivity index (χ2n) is 5.76. The Morgan fingerprint density at radius 3 is 2.68 bits per heavy atom. The molecule has 1 aliphatic rings. The molecule has 1 fully saturated rings. The molecule has 0 aliphatic carbocycles. The van der Waals surface area contributed by atoms with Gasteiger partial charge in [-0.25, -0.2) is 0 Å². The first kappa shape index (κ1) is 17.3. The maximum absolute atomic E-state index is 5.89. The fourth-order valence-corrected chi connectivity index (χ4v) is 2.57. The van der Waals surface area contributed by atoms with Gasteiger partial charge in [0, 0.05) is 19.6 Å². The van der Waals surface area contributed by atoms with Gasteiger partial charge in [-0.15, -0.1) is 0 Å². The van der Waals surface area contributed by atoms with Crippen molar-refractivity contribution >= 4 is 0 Å². The molecular weight excluding hydrogens is 278 g/mol. The number of hydrogen-bond acceptors (Lipinski definition) is 4. The Labute approximate surface area is 134 Å².